The van der Waals surface area contributed by atoms with Gasteiger partial charge in [0.1, 0.15) is 17.0 Å². The van der Waals surface area contributed by atoms with E-state index in [-0.39, 0.29) is 0 Å². The second kappa shape index (κ2) is 5.73. The number of alkyl halides is 3. The van der Waals surface area contributed by atoms with Crippen LogP contribution in [0, 0.1) is 0 Å². The van der Waals surface area contributed by atoms with Gasteiger partial charge in [-0.05, 0) is 49.4 Å². The van der Waals surface area contributed by atoms with Gasteiger partial charge in [-0.1, -0.05) is 6.07 Å². The third-order valence-electron chi connectivity index (χ3n) is 4.20. The maximum absolute atomic E-state index is 12.9. The molecule has 1 aliphatic carbocycles. The van der Waals surface area contributed by atoms with Crippen LogP contribution in [-0.4, -0.2) is 9.97 Å². The number of fused-ring (bicyclic) bond motifs is 3. The average molecular weight is 349 g/mol. The largest absolute Gasteiger partial charge is 0.416 e. The molecule has 1 aromatic carbocycles. The summed E-state index contributed by atoms with van der Waals surface area (Å²) in [5.41, 5.74) is 0.946. The van der Waals surface area contributed by atoms with E-state index in [4.69, 9.17) is 0 Å². The molecule has 7 heteroatoms. The predicted molar refractivity (Wildman–Crippen MR) is 88.8 cm³/mol. The lowest BCUT2D eigenvalue weighted by Gasteiger charge is -2.13. The molecule has 0 amide bonds. The van der Waals surface area contributed by atoms with Crippen molar-refractivity contribution in [3.8, 4) is 0 Å². The summed E-state index contributed by atoms with van der Waals surface area (Å²) in [4.78, 5) is 10.8. The fourth-order valence-electron chi connectivity index (χ4n) is 3.09. The third-order valence-corrected chi connectivity index (χ3v) is 5.40. The first-order chi connectivity index (χ1) is 11.5. The molecule has 3 nitrogen and oxygen atoms in total. The lowest BCUT2D eigenvalue weighted by atomic mass is 9.97. The van der Waals surface area contributed by atoms with Gasteiger partial charge in [0.05, 0.1) is 10.9 Å². The zero-order valence-electron chi connectivity index (χ0n) is 12.7. The van der Waals surface area contributed by atoms with E-state index in [2.05, 4.69) is 15.3 Å². The lowest BCUT2D eigenvalue weighted by Crippen LogP contribution is -2.05. The summed E-state index contributed by atoms with van der Waals surface area (Å²) in [6, 6.07) is 5.18. The van der Waals surface area contributed by atoms with Gasteiger partial charge in [-0.15, -0.1) is 11.3 Å². The highest BCUT2D eigenvalue weighted by atomic mass is 32.1. The summed E-state index contributed by atoms with van der Waals surface area (Å²) in [6.45, 7) is 0. The van der Waals surface area contributed by atoms with Crippen LogP contribution in [0.25, 0.3) is 10.2 Å². The number of rotatable bonds is 2. The molecule has 0 saturated heterocycles. The Labute approximate surface area is 140 Å². The molecule has 3 aromatic rings. The highest BCUT2D eigenvalue weighted by molar-refractivity contribution is 7.19. The Morgan fingerprint density at radius 2 is 1.92 bits per heavy atom. The molecule has 4 rings (SSSR count). The number of hydrogen-bond donors (Lipinski definition) is 1. The topological polar surface area (TPSA) is 37.8 Å². The Morgan fingerprint density at radius 3 is 2.75 bits per heavy atom. The van der Waals surface area contributed by atoms with Crippen molar-refractivity contribution in [1.29, 1.82) is 0 Å². The van der Waals surface area contributed by atoms with Gasteiger partial charge in [0.15, 0.2) is 0 Å². The molecule has 0 saturated carbocycles. The molecule has 124 valence electrons. The number of aryl methyl sites for hydroxylation is 2. The zero-order valence-corrected chi connectivity index (χ0v) is 13.5. The van der Waals surface area contributed by atoms with Gasteiger partial charge < -0.3 is 5.32 Å². The number of halogens is 3. The van der Waals surface area contributed by atoms with Crippen molar-refractivity contribution in [2.24, 2.45) is 0 Å². The van der Waals surface area contributed by atoms with Crippen LogP contribution in [0.2, 0.25) is 0 Å². The van der Waals surface area contributed by atoms with Crippen molar-refractivity contribution in [2.75, 3.05) is 5.32 Å². The second-order valence-corrected chi connectivity index (χ2v) is 6.90. The predicted octanol–water partition coefficient (Wildman–Crippen LogP) is 5.33. The van der Waals surface area contributed by atoms with Gasteiger partial charge in [-0.2, -0.15) is 13.2 Å². The van der Waals surface area contributed by atoms with Crippen LogP contribution in [0.15, 0.2) is 30.6 Å². The van der Waals surface area contributed by atoms with Crippen molar-refractivity contribution in [2.45, 2.75) is 31.9 Å². The van der Waals surface area contributed by atoms with E-state index >= 15 is 0 Å². The molecule has 0 fully saturated rings. The van der Waals surface area contributed by atoms with Gasteiger partial charge in [-0.25, -0.2) is 9.97 Å². The first-order valence-corrected chi connectivity index (χ1v) is 8.53. The Kier molecular flexibility index (Phi) is 3.68. The lowest BCUT2D eigenvalue weighted by molar-refractivity contribution is -0.137. The average Bonchev–Trinajstić information content (AvgIpc) is 2.94. The summed E-state index contributed by atoms with van der Waals surface area (Å²) < 4.78 is 38.7. The summed E-state index contributed by atoms with van der Waals surface area (Å²) >= 11 is 1.66. The summed E-state index contributed by atoms with van der Waals surface area (Å²) in [5.74, 6) is 0.582. The monoisotopic (exact) mass is 349 g/mol. The minimum atomic E-state index is -4.36. The number of nitrogens with zero attached hydrogens (tertiary/aromatic N) is 2. The third kappa shape index (κ3) is 2.73. The zero-order chi connectivity index (χ0) is 16.7. The van der Waals surface area contributed by atoms with Crippen LogP contribution in [0.4, 0.5) is 24.7 Å². The number of anilines is 2. The van der Waals surface area contributed by atoms with Crippen molar-refractivity contribution < 1.29 is 13.2 Å². The number of benzene rings is 1. The maximum atomic E-state index is 12.9. The Bertz CT molecular complexity index is 902. The van der Waals surface area contributed by atoms with Gasteiger partial charge in [-0.3, -0.25) is 0 Å². The van der Waals surface area contributed by atoms with E-state index in [1.807, 2.05) is 0 Å². The number of hydrogen-bond acceptors (Lipinski definition) is 4. The van der Waals surface area contributed by atoms with E-state index < -0.39 is 11.7 Å². The molecule has 0 radical (unpaired) electrons. The van der Waals surface area contributed by atoms with Crippen LogP contribution in [-0.2, 0) is 19.0 Å². The standard InChI is InChI=1S/C17H14F3N3S/c18-17(19,20)10-4-3-5-11(8-10)23-15-14-12-6-1-2-7-13(12)24-16(14)22-9-21-15/h3-5,8-9H,1-2,6-7H2,(H,21,22,23). The fourth-order valence-corrected chi connectivity index (χ4v) is 4.32. The smallest absolute Gasteiger partial charge is 0.340 e. The highest BCUT2D eigenvalue weighted by Crippen LogP contribution is 2.39. The van der Waals surface area contributed by atoms with Crippen molar-refractivity contribution in [1.82, 2.24) is 9.97 Å². The molecule has 0 unspecified atom stereocenters. The van der Waals surface area contributed by atoms with Gasteiger partial charge in [0.2, 0.25) is 0 Å². The summed E-state index contributed by atoms with van der Waals surface area (Å²) in [5, 5.41) is 4.00. The van der Waals surface area contributed by atoms with Crippen LogP contribution < -0.4 is 5.32 Å². The Hall–Kier alpha value is -2.15. The molecule has 1 N–H and O–H groups in total. The number of thiophene rings is 1. The second-order valence-electron chi connectivity index (χ2n) is 5.82. The van der Waals surface area contributed by atoms with Crippen molar-refractivity contribution >= 4 is 33.1 Å². The van der Waals surface area contributed by atoms with Crippen LogP contribution in [0.5, 0.6) is 0 Å². The van der Waals surface area contributed by atoms with Crippen LogP contribution in [0.3, 0.4) is 0 Å². The van der Waals surface area contributed by atoms with E-state index in [0.29, 0.717) is 11.5 Å². The Morgan fingerprint density at radius 1 is 1.08 bits per heavy atom. The number of nitrogens with one attached hydrogen (secondary N) is 1. The number of aromatic nitrogens is 2. The van der Waals surface area contributed by atoms with Gasteiger partial charge in [0.25, 0.3) is 0 Å². The van der Waals surface area contributed by atoms with E-state index in [1.54, 1.807) is 17.4 Å². The SMILES string of the molecule is FC(F)(F)c1cccc(Nc2ncnc3sc4c(c23)CCCC4)c1. The Balaban J connectivity index is 1.76. The molecular formula is C17H14F3N3S. The summed E-state index contributed by atoms with van der Waals surface area (Å²) in [6.07, 6.45) is 1.40. The quantitative estimate of drug-likeness (QED) is 0.679. The van der Waals surface area contributed by atoms with E-state index in [1.165, 1.54) is 29.3 Å². The van der Waals surface area contributed by atoms with Crippen molar-refractivity contribution in [3.05, 3.63) is 46.6 Å². The minimum Gasteiger partial charge on any atom is -0.340 e. The molecule has 0 spiro atoms. The fraction of sp³-hybridized carbons (Fsp3) is 0.294. The maximum Gasteiger partial charge on any atom is 0.416 e. The van der Waals surface area contributed by atoms with Crippen LogP contribution >= 0.6 is 11.3 Å². The van der Waals surface area contributed by atoms with Crippen LogP contribution in [0.1, 0.15) is 28.8 Å². The molecule has 0 aliphatic heterocycles. The first-order valence-electron chi connectivity index (χ1n) is 7.72. The van der Waals surface area contributed by atoms with Gasteiger partial charge in [0, 0.05) is 10.6 Å². The normalized spacial score (nSPS) is 14.6. The minimum absolute atomic E-state index is 0.376. The van der Waals surface area contributed by atoms with E-state index in [0.717, 1.165) is 41.6 Å². The molecule has 0 atom stereocenters. The summed E-state index contributed by atoms with van der Waals surface area (Å²) in [7, 11) is 0. The first kappa shape index (κ1) is 15.4. The molecule has 24 heavy (non-hydrogen) atoms. The van der Waals surface area contributed by atoms with E-state index in [9.17, 15) is 13.2 Å². The molecule has 2 heterocycles. The molecule has 1 aliphatic rings. The van der Waals surface area contributed by atoms with Gasteiger partial charge >= 0.3 is 6.18 Å². The highest BCUT2D eigenvalue weighted by Gasteiger charge is 2.30. The molecule has 0 bridgehead atoms. The molecule has 2 aromatic heterocycles. The van der Waals surface area contributed by atoms with Crippen molar-refractivity contribution in [3.63, 3.8) is 0 Å². The molecular weight excluding hydrogens is 335 g/mol.